The molecular weight excluding hydrogens is 274 g/mol. The van der Waals surface area contributed by atoms with Gasteiger partial charge in [0.1, 0.15) is 11.5 Å². The van der Waals surface area contributed by atoms with Gasteiger partial charge in [0, 0.05) is 21.4 Å². The van der Waals surface area contributed by atoms with Crippen LogP contribution in [0.5, 0.6) is 11.5 Å². The van der Waals surface area contributed by atoms with Crippen molar-refractivity contribution in [2.45, 2.75) is 26.8 Å². The van der Waals surface area contributed by atoms with Gasteiger partial charge in [0.05, 0.1) is 6.04 Å². The molecule has 4 nitrogen and oxygen atoms in total. The molecule has 0 aliphatic heterocycles. The number of hydrogen-bond acceptors (Lipinski definition) is 4. The van der Waals surface area contributed by atoms with Crippen molar-refractivity contribution < 1.29 is 15.0 Å². The van der Waals surface area contributed by atoms with Crippen molar-refractivity contribution in [3.05, 3.63) is 45.1 Å². The van der Waals surface area contributed by atoms with Crippen molar-refractivity contribution in [2.75, 3.05) is 0 Å². The van der Waals surface area contributed by atoms with Crippen molar-refractivity contribution in [1.29, 1.82) is 0 Å². The molecule has 20 heavy (non-hydrogen) atoms. The molecule has 0 fully saturated rings. The number of aromatic hydroxyl groups is 2. The Labute approximate surface area is 121 Å². The van der Waals surface area contributed by atoms with E-state index in [0.29, 0.717) is 0 Å². The molecule has 1 amide bonds. The zero-order chi connectivity index (χ0) is 14.9. The number of phenolic OH excluding ortho intramolecular Hbond substituents is 2. The molecule has 2 aromatic rings. The van der Waals surface area contributed by atoms with Crippen molar-refractivity contribution in [3.63, 3.8) is 0 Å². The highest BCUT2D eigenvalue weighted by Crippen LogP contribution is 2.27. The first-order valence-electron chi connectivity index (χ1n) is 6.27. The first kappa shape index (κ1) is 14.4. The van der Waals surface area contributed by atoms with E-state index < -0.39 is 0 Å². The monoisotopic (exact) mass is 291 g/mol. The fourth-order valence-corrected chi connectivity index (χ4v) is 3.19. The Hall–Kier alpha value is -2.01. The molecule has 1 unspecified atom stereocenters. The summed E-state index contributed by atoms with van der Waals surface area (Å²) in [7, 11) is 0. The standard InChI is InChI=1S/C15H17NO3S/c1-8-4-14(10(3)20-8)9(2)16-15(19)11-5-12(17)7-13(18)6-11/h4-7,9,17-18H,1-3H3,(H,16,19). The van der Waals surface area contributed by atoms with Crippen LogP contribution in [0.1, 0.15) is 38.6 Å². The third kappa shape index (κ3) is 3.11. The molecule has 0 saturated heterocycles. The van der Waals surface area contributed by atoms with Crippen molar-refractivity contribution in [3.8, 4) is 11.5 Å². The van der Waals surface area contributed by atoms with Gasteiger partial charge in [-0.2, -0.15) is 0 Å². The lowest BCUT2D eigenvalue weighted by Gasteiger charge is -2.14. The Morgan fingerprint density at radius 2 is 1.75 bits per heavy atom. The molecule has 0 radical (unpaired) electrons. The maximum Gasteiger partial charge on any atom is 0.252 e. The first-order valence-corrected chi connectivity index (χ1v) is 7.09. The Morgan fingerprint density at radius 1 is 1.15 bits per heavy atom. The lowest BCUT2D eigenvalue weighted by Crippen LogP contribution is -2.26. The number of amides is 1. The van der Waals surface area contributed by atoms with Crippen molar-refractivity contribution in [2.24, 2.45) is 0 Å². The second-order valence-corrected chi connectivity index (χ2v) is 6.26. The fourth-order valence-electron chi connectivity index (χ4n) is 2.16. The molecule has 1 aromatic carbocycles. The van der Waals surface area contributed by atoms with Crippen LogP contribution >= 0.6 is 11.3 Å². The molecule has 0 aliphatic rings. The number of hydrogen-bond donors (Lipinski definition) is 3. The van der Waals surface area contributed by atoms with Crippen LogP contribution in [0.4, 0.5) is 0 Å². The van der Waals surface area contributed by atoms with Crippen LogP contribution in [0.15, 0.2) is 24.3 Å². The third-order valence-electron chi connectivity index (χ3n) is 3.06. The summed E-state index contributed by atoms with van der Waals surface area (Å²) >= 11 is 1.69. The minimum atomic E-state index is -0.327. The Morgan fingerprint density at radius 3 is 2.25 bits per heavy atom. The SMILES string of the molecule is Cc1cc(C(C)NC(=O)c2cc(O)cc(O)c2)c(C)s1. The summed E-state index contributed by atoms with van der Waals surface area (Å²) in [5.41, 5.74) is 1.32. The third-order valence-corrected chi connectivity index (χ3v) is 4.04. The van der Waals surface area contributed by atoms with E-state index in [9.17, 15) is 15.0 Å². The summed E-state index contributed by atoms with van der Waals surface area (Å²) in [5.74, 6) is -0.595. The van der Waals surface area contributed by atoms with Gasteiger partial charge < -0.3 is 15.5 Å². The second-order valence-electron chi connectivity index (χ2n) is 4.80. The lowest BCUT2D eigenvalue weighted by atomic mass is 10.1. The number of aryl methyl sites for hydroxylation is 2. The van der Waals surface area contributed by atoms with Crippen molar-refractivity contribution >= 4 is 17.2 Å². The van der Waals surface area contributed by atoms with Crippen LogP contribution < -0.4 is 5.32 Å². The zero-order valence-corrected chi connectivity index (χ0v) is 12.4. The molecule has 1 heterocycles. The Bertz CT molecular complexity index is 628. The van der Waals surface area contributed by atoms with Crippen LogP contribution in [0.3, 0.4) is 0 Å². The topological polar surface area (TPSA) is 69.6 Å². The molecule has 5 heteroatoms. The van der Waals surface area contributed by atoms with E-state index in [-0.39, 0.29) is 29.0 Å². The maximum absolute atomic E-state index is 12.1. The summed E-state index contributed by atoms with van der Waals surface area (Å²) in [4.78, 5) is 14.5. The quantitative estimate of drug-likeness (QED) is 0.813. The zero-order valence-electron chi connectivity index (χ0n) is 11.6. The number of thiophene rings is 1. The van der Waals surface area contributed by atoms with Gasteiger partial charge in [-0.1, -0.05) is 0 Å². The maximum atomic E-state index is 12.1. The molecule has 1 atom stereocenters. The number of phenols is 2. The number of rotatable bonds is 3. The first-order chi connectivity index (χ1) is 9.36. The average Bonchev–Trinajstić information content (AvgIpc) is 2.67. The lowest BCUT2D eigenvalue weighted by molar-refractivity contribution is 0.0939. The van der Waals surface area contributed by atoms with Crippen LogP contribution in [0.25, 0.3) is 0 Å². The highest BCUT2D eigenvalue weighted by Gasteiger charge is 2.15. The van der Waals surface area contributed by atoms with E-state index in [4.69, 9.17) is 0 Å². The van der Waals surface area contributed by atoms with Gasteiger partial charge in [0.15, 0.2) is 0 Å². The van der Waals surface area contributed by atoms with Crippen LogP contribution in [0.2, 0.25) is 0 Å². The Kier molecular flexibility index (Phi) is 3.99. The predicted octanol–water partition coefficient (Wildman–Crippen LogP) is 3.27. The van der Waals surface area contributed by atoms with E-state index in [1.807, 2.05) is 20.8 Å². The molecule has 3 N–H and O–H groups in total. The summed E-state index contributed by atoms with van der Waals surface area (Å²) in [6.07, 6.45) is 0. The molecule has 2 rings (SSSR count). The second kappa shape index (κ2) is 5.54. The van der Waals surface area contributed by atoms with Gasteiger partial charge in [-0.05, 0) is 44.5 Å². The van der Waals surface area contributed by atoms with Crippen LogP contribution in [-0.4, -0.2) is 16.1 Å². The summed E-state index contributed by atoms with van der Waals surface area (Å²) in [6, 6.07) is 5.77. The van der Waals surface area contributed by atoms with E-state index in [2.05, 4.69) is 11.4 Å². The predicted molar refractivity (Wildman–Crippen MR) is 79.4 cm³/mol. The highest BCUT2D eigenvalue weighted by atomic mass is 32.1. The smallest absolute Gasteiger partial charge is 0.252 e. The van der Waals surface area contributed by atoms with Gasteiger partial charge in [-0.15, -0.1) is 11.3 Å². The molecule has 0 aliphatic carbocycles. The molecule has 0 saturated carbocycles. The van der Waals surface area contributed by atoms with E-state index in [0.717, 1.165) is 5.56 Å². The van der Waals surface area contributed by atoms with E-state index in [1.165, 1.54) is 28.0 Å². The molecular formula is C15H17NO3S. The Balaban J connectivity index is 2.17. The van der Waals surface area contributed by atoms with E-state index >= 15 is 0 Å². The van der Waals surface area contributed by atoms with Gasteiger partial charge in [0.2, 0.25) is 0 Å². The van der Waals surface area contributed by atoms with Crippen LogP contribution in [-0.2, 0) is 0 Å². The summed E-state index contributed by atoms with van der Waals surface area (Å²) in [6.45, 7) is 5.97. The number of carbonyl (C=O) groups is 1. The van der Waals surface area contributed by atoms with Gasteiger partial charge in [0.25, 0.3) is 5.91 Å². The van der Waals surface area contributed by atoms with E-state index in [1.54, 1.807) is 11.3 Å². The minimum Gasteiger partial charge on any atom is -0.508 e. The van der Waals surface area contributed by atoms with Gasteiger partial charge in [-0.25, -0.2) is 0 Å². The number of carbonyl (C=O) groups excluding carboxylic acids is 1. The molecule has 106 valence electrons. The molecule has 0 spiro atoms. The highest BCUT2D eigenvalue weighted by molar-refractivity contribution is 7.12. The minimum absolute atomic E-state index is 0.128. The molecule has 0 bridgehead atoms. The van der Waals surface area contributed by atoms with Crippen molar-refractivity contribution in [1.82, 2.24) is 5.32 Å². The fraction of sp³-hybridized carbons (Fsp3) is 0.267. The number of benzene rings is 1. The summed E-state index contributed by atoms with van der Waals surface area (Å²) in [5, 5.41) is 21.7. The van der Waals surface area contributed by atoms with Gasteiger partial charge in [-0.3, -0.25) is 4.79 Å². The number of nitrogens with one attached hydrogen (secondary N) is 1. The summed E-state index contributed by atoms with van der Waals surface area (Å²) < 4.78 is 0. The average molecular weight is 291 g/mol. The van der Waals surface area contributed by atoms with Gasteiger partial charge >= 0.3 is 0 Å². The van der Waals surface area contributed by atoms with Crippen LogP contribution in [0, 0.1) is 13.8 Å². The largest absolute Gasteiger partial charge is 0.508 e. The normalized spacial score (nSPS) is 12.2. The molecule has 1 aromatic heterocycles.